The Labute approximate surface area is 331 Å². The van der Waals surface area contributed by atoms with Crippen molar-refractivity contribution in [2.24, 2.45) is 11.3 Å². The van der Waals surface area contributed by atoms with E-state index in [0.29, 0.717) is 24.5 Å². The number of hydrogen-bond acceptors (Lipinski definition) is 1. The van der Waals surface area contributed by atoms with Crippen molar-refractivity contribution in [1.29, 1.82) is 0 Å². The number of rotatable bonds is 4. The first-order valence-electron chi connectivity index (χ1n) is 21.9. The Kier molecular flexibility index (Phi) is 8.23. The molecular weight excluding hydrogens is 663 g/mol. The van der Waals surface area contributed by atoms with Gasteiger partial charge in [-0.1, -0.05) is 139 Å². The molecule has 5 unspecified atom stereocenters. The van der Waals surface area contributed by atoms with Crippen LogP contribution in [0.1, 0.15) is 130 Å². The zero-order valence-electron chi connectivity index (χ0n) is 34.6. The molecule has 55 heavy (non-hydrogen) atoms. The van der Waals surface area contributed by atoms with Crippen LogP contribution in [0.2, 0.25) is 5.82 Å². The monoisotopic (exact) mass is 724 g/mol. The molecule has 1 aromatic heterocycles. The number of nitrogens with zero attached hydrogens (tertiary/aromatic N) is 2. The Bertz CT molecular complexity index is 2350. The molecule has 0 spiro atoms. The maximum atomic E-state index is 2.89. The summed E-state index contributed by atoms with van der Waals surface area (Å²) in [7, 11) is 0. The van der Waals surface area contributed by atoms with Gasteiger partial charge in [-0.25, -0.2) is 0 Å². The van der Waals surface area contributed by atoms with Gasteiger partial charge in [0, 0.05) is 38.6 Å². The van der Waals surface area contributed by atoms with Crippen molar-refractivity contribution in [3.05, 3.63) is 136 Å². The first kappa shape index (κ1) is 35.4. The maximum absolute atomic E-state index is 2.89. The van der Waals surface area contributed by atoms with E-state index in [0.717, 1.165) is 25.7 Å². The number of aromatic nitrogens is 1. The molecule has 0 radical (unpaired) electrons. The minimum atomic E-state index is -0.0284. The summed E-state index contributed by atoms with van der Waals surface area (Å²) < 4.78 is 2.89. The molecule has 7 aliphatic rings. The van der Waals surface area contributed by atoms with E-state index in [1.165, 1.54) is 77.2 Å². The highest BCUT2D eigenvalue weighted by Crippen LogP contribution is 2.59. The van der Waals surface area contributed by atoms with Crippen LogP contribution in [0.25, 0.3) is 21.8 Å². The zero-order valence-corrected chi connectivity index (χ0v) is 34.6. The van der Waals surface area contributed by atoms with Gasteiger partial charge >= 0.3 is 0 Å². The summed E-state index contributed by atoms with van der Waals surface area (Å²) in [5.41, 5.74) is 15.7. The first-order chi connectivity index (χ1) is 26.4. The summed E-state index contributed by atoms with van der Waals surface area (Å²) in [6.45, 7) is 17.4. The lowest BCUT2D eigenvalue weighted by atomic mass is 9.27. The minimum Gasteiger partial charge on any atom is -0.339 e. The number of fused-ring (bicyclic) bond motifs is 7. The summed E-state index contributed by atoms with van der Waals surface area (Å²) >= 11 is 0. The predicted octanol–water partition coefficient (Wildman–Crippen LogP) is 13.0. The smallest absolute Gasteiger partial charge is 0.221 e. The van der Waals surface area contributed by atoms with E-state index < -0.39 is 0 Å². The molecular formula is C52H61BN2. The van der Waals surface area contributed by atoms with E-state index in [2.05, 4.69) is 155 Å². The number of allylic oxidation sites excluding steroid dienone is 13. The molecule has 0 bridgehead atoms. The van der Waals surface area contributed by atoms with Crippen molar-refractivity contribution >= 4 is 34.0 Å². The average molecular weight is 725 g/mol. The number of hydrogen-bond donors (Lipinski definition) is 0. The van der Waals surface area contributed by atoms with Gasteiger partial charge in [-0.3, -0.25) is 0 Å². The summed E-state index contributed by atoms with van der Waals surface area (Å²) in [6, 6.07) is 13.4. The van der Waals surface area contributed by atoms with Gasteiger partial charge in [-0.2, -0.15) is 0 Å². The van der Waals surface area contributed by atoms with E-state index in [9.17, 15) is 0 Å². The molecule has 2 aromatic carbocycles. The molecule has 5 atom stereocenters. The Morgan fingerprint density at radius 1 is 0.745 bits per heavy atom. The maximum Gasteiger partial charge on any atom is 0.221 e. The quantitative estimate of drug-likeness (QED) is 0.192. The molecule has 0 saturated carbocycles. The average Bonchev–Trinajstić information content (AvgIpc) is 3.53. The summed E-state index contributed by atoms with van der Waals surface area (Å²) in [6.07, 6.45) is 39.2. The lowest BCUT2D eigenvalue weighted by molar-refractivity contribution is 0.281. The van der Waals surface area contributed by atoms with E-state index in [-0.39, 0.29) is 22.3 Å². The molecule has 0 N–H and O–H groups in total. The molecule has 2 aliphatic heterocycles. The molecule has 5 aliphatic carbocycles. The van der Waals surface area contributed by atoms with Crippen molar-refractivity contribution < 1.29 is 0 Å². The highest BCUT2D eigenvalue weighted by atomic mass is 15.2. The molecule has 282 valence electrons. The summed E-state index contributed by atoms with van der Waals surface area (Å²) in [4.78, 5) is 2.88. The van der Waals surface area contributed by atoms with Crippen LogP contribution in [0.3, 0.4) is 0 Å². The lowest BCUT2D eigenvalue weighted by Crippen LogP contribution is -2.55. The second kappa shape index (κ2) is 12.8. The van der Waals surface area contributed by atoms with Crippen molar-refractivity contribution in [1.82, 2.24) is 9.47 Å². The van der Waals surface area contributed by atoms with E-state index in [4.69, 9.17) is 0 Å². The predicted molar refractivity (Wildman–Crippen MR) is 236 cm³/mol. The topological polar surface area (TPSA) is 8.17 Å². The van der Waals surface area contributed by atoms with Crippen LogP contribution in [0.5, 0.6) is 0 Å². The fraction of sp³-hybridized carbons (Fsp3) is 0.462. The third-order valence-corrected chi connectivity index (χ3v) is 15.0. The minimum absolute atomic E-state index is 0.0284. The van der Waals surface area contributed by atoms with E-state index in [1.54, 1.807) is 27.8 Å². The fourth-order valence-corrected chi connectivity index (χ4v) is 12.0. The Balaban J connectivity index is 1.31. The third kappa shape index (κ3) is 5.41. The number of benzene rings is 2. The normalized spacial score (nSPS) is 27.2. The largest absolute Gasteiger partial charge is 0.339 e. The molecule has 3 heteroatoms. The SMILES string of the molecule is CC(C)(C)c1ccc2c(c1)c1cc(C(C)(C)C)cc3c1n2C1CC(C(C)(C2=CC=CCC2)C2C=CCCC2)=CC2=C1B3C1CCCC=C1N2C1C=CC=CC1. The second-order valence-electron chi connectivity index (χ2n) is 20.3. The molecule has 0 fully saturated rings. The van der Waals surface area contributed by atoms with Gasteiger partial charge in [0.05, 0.1) is 12.1 Å². The van der Waals surface area contributed by atoms with Gasteiger partial charge in [0.1, 0.15) is 0 Å². The molecule has 0 amide bonds. The Hall–Kier alpha value is -3.98. The van der Waals surface area contributed by atoms with Crippen LogP contribution >= 0.6 is 0 Å². The highest BCUT2D eigenvalue weighted by Gasteiger charge is 2.53. The van der Waals surface area contributed by atoms with E-state index >= 15 is 0 Å². The van der Waals surface area contributed by atoms with Gasteiger partial charge in [-0.15, -0.1) is 0 Å². The van der Waals surface area contributed by atoms with Crippen molar-refractivity contribution in [3.63, 3.8) is 0 Å². The zero-order chi connectivity index (χ0) is 37.9. The molecule has 10 rings (SSSR count). The lowest BCUT2D eigenvalue weighted by Gasteiger charge is -2.54. The van der Waals surface area contributed by atoms with Crippen molar-refractivity contribution in [2.75, 3.05) is 0 Å². The third-order valence-electron chi connectivity index (χ3n) is 15.0. The van der Waals surface area contributed by atoms with Crippen LogP contribution in [0, 0.1) is 11.3 Å². The van der Waals surface area contributed by atoms with Gasteiger partial charge in [0.2, 0.25) is 6.71 Å². The summed E-state index contributed by atoms with van der Waals surface area (Å²) in [5.74, 6) is 1.01. The highest BCUT2D eigenvalue weighted by molar-refractivity contribution is 6.84. The molecule has 0 saturated heterocycles. The fourth-order valence-electron chi connectivity index (χ4n) is 12.0. The van der Waals surface area contributed by atoms with Gasteiger partial charge in [-0.05, 0) is 127 Å². The van der Waals surface area contributed by atoms with E-state index in [1.807, 2.05) is 0 Å². The van der Waals surface area contributed by atoms with Crippen molar-refractivity contribution in [3.8, 4) is 0 Å². The van der Waals surface area contributed by atoms with Gasteiger partial charge in [0.15, 0.2) is 0 Å². The summed E-state index contributed by atoms with van der Waals surface area (Å²) in [5, 5.41) is 2.92. The molecule has 2 nitrogen and oxygen atoms in total. The van der Waals surface area contributed by atoms with Crippen LogP contribution in [0.4, 0.5) is 0 Å². The van der Waals surface area contributed by atoms with Crippen LogP contribution < -0.4 is 5.46 Å². The van der Waals surface area contributed by atoms with Gasteiger partial charge < -0.3 is 9.47 Å². The first-order valence-corrected chi connectivity index (χ1v) is 21.9. The molecule has 3 heterocycles. The van der Waals surface area contributed by atoms with Crippen LogP contribution in [0.15, 0.2) is 125 Å². The molecule has 3 aromatic rings. The standard InChI is InChI=1S/C52H61BN2/c1-50(2,3)36-27-28-44-40(29-36)41-30-37(51(4,5)6)31-43-49(41)55(44)47-33-38(52(7,34-19-11-8-12-20-34)35-21-13-9-14-22-35)32-46-48(47)53(43)42-25-17-18-26-45(42)54(46)39-23-15-10-16-24-39/h8,10-11,13,15-16,19,21,23,26-32,35,39,42,47H,9,12,14,17-18,20,22,24-25,33H2,1-7H3. The van der Waals surface area contributed by atoms with Crippen molar-refractivity contribution in [2.45, 2.75) is 141 Å². The van der Waals surface area contributed by atoms with Crippen LogP contribution in [-0.2, 0) is 10.8 Å². The Morgan fingerprint density at radius 2 is 1.56 bits per heavy atom. The van der Waals surface area contributed by atoms with Crippen LogP contribution in [-0.4, -0.2) is 22.2 Å². The van der Waals surface area contributed by atoms with Gasteiger partial charge in [0.25, 0.3) is 0 Å². The Morgan fingerprint density at radius 3 is 2.29 bits per heavy atom. The second-order valence-corrected chi connectivity index (χ2v) is 20.3.